The molecule has 7 aromatic rings. The van der Waals surface area contributed by atoms with Crippen LogP contribution in [0.2, 0.25) is 19.6 Å². The molecule has 0 saturated carbocycles. The van der Waals surface area contributed by atoms with E-state index in [0.717, 1.165) is 46.0 Å². The number of aryl methyl sites for hydroxylation is 1. The summed E-state index contributed by atoms with van der Waals surface area (Å²) in [5.74, 6) is 0.182. The molecule has 3 nitrogen and oxygen atoms in total. The second-order valence-corrected chi connectivity index (χ2v) is 21.4. The summed E-state index contributed by atoms with van der Waals surface area (Å²) in [5, 5.41) is 3.64. The summed E-state index contributed by atoms with van der Waals surface area (Å²) >= 11 is 0. The monoisotopic (exact) mass is 897 g/mol. The molecular weight excluding hydrogens is 848 g/mol. The SMILES string of the molecule is CC(C)c1cccc2c1oc1c(-c3cc(Cc4ccccc4)ccn3)[c-]ccc12.Cc1cc[c-]c(-c2cc(CC(C)(C)C)c([Si](C)(C)C)cn2)c1F.[Ir]. The van der Waals surface area contributed by atoms with Gasteiger partial charge in [0.25, 0.3) is 0 Å². The molecule has 7 rings (SSSR count). The summed E-state index contributed by atoms with van der Waals surface area (Å²) in [6, 6.07) is 37.2. The Kier molecular flexibility index (Phi) is 12.4. The molecule has 0 unspecified atom stereocenters. The van der Waals surface area contributed by atoms with E-state index < -0.39 is 8.07 Å². The first-order valence-corrected chi connectivity index (χ1v) is 21.7. The van der Waals surface area contributed by atoms with E-state index in [9.17, 15) is 4.39 Å². The zero-order valence-electron chi connectivity index (χ0n) is 32.3. The molecule has 0 bridgehead atoms. The molecule has 0 N–H and O–H groups in total. The number of hydrogen-bond donors (Lipinski definition) is 0. The van der Waals surface area contributed by atoms with Crippen LogP contribution in [0.5, 0.6) is 0 Å². The van der Waals surface area contributed by atoms with Gasteiger partial charge in [0, 0.05) is 43.7 Å². The van der Waals surface area contributed by atoms with Gasteiger partial charge in [0.1, 0.15) is 5.58 Å². The summed E-state index contributed by atoms with van der Waals surface area (Å²) in [6.07, 6.45) is 5.69. The number of nitrogens with zero attached hydrogens (tertiary/aromatic N) is 2. The molecule has 0 amide bonds. The first-order chi connectivity index (χ1) is 24.7. The van der Waals surface area contributed by atoms with E-state index in [1.54, 1.807) is 19.1 Å². The summed E-state index contributed by atoms with van der Waals surface area (Å²) in [5.41, 5.74) is 10.7. The van der Waals surface area contributed by atoms with E-state index in [2.05, 4.69) is 143 Å². The van der Waals surface area contributed by atoms with Gasteiger partial charge in [-0.3, -0.25) is 4.39 Å². The number of para-hydroxylation sites is 1. The van der Waals surface area contributed by atoms with Crippen molar-refractivity contribution < 1.29 is 28.9 Å². The first kappa shape index (κ1) is 40.0. The van der Waals surface area contributed by atoms with Crippen molar-refractivity contribution in [2.75, 3.05) is 0 Å². The van der Waals surface area contributed by atoms with E-state index in [4.69, 9.17) is 4.42 Å². The third-order valence-electron chi connectivity index (χ3n) is 9.34. The van der Waals surface area contributed by atoms with Gasteiger partial charge in [0.15, 0.2) is 0 Å². The zero-order valence-corrected chi connectivity index (χ0v) is 35.7. The van der Waals surface area contributed by atoms with Crippen LogP contribution in [-0.2, 0) is 32.9 Å². The van der Waals surface area contributed by atoms with Crippen molar-refractivity contribution in [2.45, 2.75) is 79.9 Å². The molecule has 53 heavy (non-hydrogen) atoms. The Morgan fingerprint density at radius 2 is 1.45 bits per heavy atom. The number of fused-ring (bicyclic) bond motifs is 3. The second-order valence-electron chi connectivity index (χ2n) is 16.4. The maximum Gasteiger partial charge on any atom is 0.124 e. The Bertz CT molecular complexity index is 2330. The largest absolute Gasteiger partial charge is 0.500 e. The van der Waals surface area contributed by atoms with Crippen molar-refractivity contribution in [3.05, 3.63) is 149 Å². The Hall–Kier alpha value is -4.22. The minimum Gasteiger partial charge on any atom is -0.500 e. The van der Waals surface area contributed by atoms with Gasteiger partial charge in [-0.1, -0.05) is 149 Å². The van der Waals surface area contributed by atoms with E-state index in [0.29, 0.717) is 22.7 Å². The third-order valence-corrected chi connectivity index (χ3v) is 11.4. The number of furan rings is 1. The van der Waals surface area contributed by atoms with Crippen LogP contribution < -0.4 is 5.19 Å². The summed E-state index contributed by atoms with van der Waals surface area (Å²) < 4.78 is 20.8. The number of hydrogen-bond acceptors (Lipinski definition) is 3. The van der Waals surface area contributed by atoms with Crippen LogP contribution in [0.4, 0.5) is 4.39 Å². The molecule has 0 atom stereocenters. The van der Waals surface area contributed by atoms with Gasteiger partial charge in [0.05, 0.1) is 13.7 Å². The van der Waals surface area contributed by atoms with Gasteiger partial charge in [-0.2, -0.15) is 0 Å². The van der Waals surface area contributed by atoms with Crippen LogP contribution in [0, 0.1) is 30.3 Å². The van der Waals surface area contributed by atoms with Crippen LogP contribution in [-0.4, -0.2) is 18.0 Å². The molecular formula is C47H49FIrN2OSi-2. The van der Waals surface area contributed by atoms with Crippen molar-refractivity contribution in [2.24, 2.45) is 5.41 Å². The van der Waals surface area contributed by atoms with Crippen LogP contribution in [0.1, 0.15) is 68.4 Å². The van der Waals surface area contributed by atoms with Crippen molar-refractivity contribution in [1.82, 2.24) is 9.97 Å². The summed E-state index contributed by atoms with van der Waals surface area (Å²) in [7, 11) is -1.49. The van der Waals surface area contributed by atoms with Crippen LogP contribution in [0.3, 0.4) is 0 Å². The van der Waals surface area contributed by atoms with Gasteiger partial charge in [-0.05, 0) is 63.5 Å². The first-order valence-electron chi connectivity index (χ1n) is 18.2. The minimum atomic E-state index is -1.49. The Morgan fingerprint density at radius 1 is 0.774 bits per heavy atom. The molecule has 0 saturated heterocycles. The van der Waals surface area contributed by atoms with Gasteiger partial charge in [0.2, 0.25) is 0 Å². The van der Waals surface area contributed by atoms with Crippen LogP contribution >= 0.6 is 0 Å². The molecule has 0 fully saturated rings. The Balaban J connectivity index is 0.000000207. The molecule has 3 aromatic heterocycles. The van der Waals surface area contributed by atoms with Crippen LogP contribution in [0.25, 0.3) is 44.5 Å². The van der Waals surface area contributed by atoms with Crippen LogP contribution in [0.15, 0.2) is 108 Å². The number of pyridine rings is 2. The van der Waals surface area contributed by atoms with Crippen molar-refractivity contribution in [1.29, 1.82) is 0 Å². The Morgan fingerprint density at radius 3 is 2.15 bits per heavy atom. The van der Waals surface area contributed by atoms with E-state index in [1.165, 1.54) is 27.4 Å². The van der Waals surface area contributed by atoms with Gasteiger partial charge >= 0.3 is 0 Å². The molecule has 0 aliphatic heterocycles. The normalized spacial score (nSPS) is 11.8. The van der Waals surface area contributed by atoms with Crippen molar-refractivity contribution in [3.63, 3.8) is 0 Å². The molecule has 6 heteroatoms. The van der Waals surface area contributed by atoms with Gasteiger partial charge in [-0.15, -0.1) is 36.4 Å². The topological polar surface area (TPSA) is 38.9 Å². The average molecular weight is 897 g/mol. The molecule has 1 radical (unpaired) electrons. The number of aromatic nitrogens is 2. The second kappa shape index (κ2) is 16.4. The quantitative estimate of drug-likeness (QED) is 0.118. The smallest absolute Gasteiger partial charge is 0.124 e. The van der Waals surface area contributed by atoms with Crippen molar-refractivity contribution >= 4 is 35.2 Å². The van der Waals surface area contributed by atoms with E-state index >= 15 is 0 Å². The predicted octanol–water partition coefficient (Wildman–Crippen LogP) is 12.3. The zero-order chi connectivity index (χ0) is 37.2. The molecule has 4 aromatic carbocycles. The average Bonchev–Trinajstić information content (AvgIpc) is 3.48. The number of rotatable bonds is 7. The minimum absolute atomic E-state index is 0. The van der Waals surface area contributed by atoms with Crippen molar-refractivity contribution in [3.8, 4) is 22.5 Å². The molecule has 0 spiro atoms. The Labute approximate surface area is 329 Å². The summed E-state index contributed by atoms with van der Waals surface area (Å²) in [6.45, 7) is 19.9. The third kappa shape index (κ3) is 9.30. The maximum atomic E-state index is 14.4. The molecule has 3 heterocycles. The molecule has 0 aliphatic carbocycles. The van der Waals surface area contributed by atoms with Gasteiger partial charge in [-0.25, -0.2) is 0 Å². The van der Waals surface area contributed by atoms with E-state index in [-0.39, 0.29) is 31.3 Å². The maximum absolute atomic E-state index is 14.4. The standard InChI is InChI=1S/C27H22NO.C20H27FNSi.Ir/c1-18(2)21-10-6-11-22-23-12-7-13-24(27(23)29-26(21)22)25-17-20(14-15-28-25)16-19-8-4-3-5-9-19;1-14-9-8-10-16(19(14)21)17-11-15(12-20(2,3)4)18(13-22-17)23(5,6)7;/h3-12,14-15,17-18H,16H2,1-2H3;8-9,11,13H,12H2,1-7H3;/q2*-1;. The number of benzene rings is 4. The fraction of sp³-hybridized carbons (Fsp3) is 0.277. The predicted molar refractivity (Wildman–Crippen MR) is 218 cm³/mol. The molecule has 275 valence electrons. The van der Waals surface area contributed by atoms with E-state index in [1.807, 2.05) is 24.5 Å². The summed E-state index contributed by atoms with van der Waals surface area (Å²) in [4.78, 5) is 9.21. The number of halogens is 1. The fourth-order valence-electron chi connectivity index (χ4n) is 6.78. The molecule has 0 aliphatic rings. The van der Waals surface area contributed by atoms with Gasteiger partial charge < -0.3 is 14.4 Å². The fourth-order valence-corrected chi connectivity index (χ4v) is 8.36.